The second-order valence-corrected chi connectivity index (χ2v) is 7.43. The Hall–Kier alpha value is -3.74. The number of carbonyl (C=O) groups is 1. The second kappa shape index (κ2) is 10.3. The van der Waals surface area contributed by atoms with E-state index in [2.05, 4.69) is 46.5 Å². The highest BCUT2D eigenvalue weighted by atomic mass is 16.5. The van der Waals surface area contributed by atoms with Crippen molar-refractivity contribution in [1.29, 1.82) is 0 Å². The van der Waals surface area contributed by atoms with E-state index < -0.39 is 5.91 Å². The zero-order chi connectivity index (χ0) is 22.2. The van der Waals surface area contributed by atoms with Gasteiger partial charge in [0.15, 0.2) is 0 Å². The SMILES string of the molecule is COc1cc(C=NNC(=O)c2cncc(-c3ccc(CC(C)C)cc3)n2)cc(OC)c1. The van der Waals surface area contributed by atoms with Crippen molar-refractivity contribution in [2.24, 2.45) is 11.0 Å². The van der Waals surface area contributed by atoms with E-state index in [4.69, 9.17) is 9.47 Å². The molecule has 0 bridgehead atoms. The molecule has 1 aromatic heterocycles. The molecule has 0 unspecified atom stereocenters. The lowest BCUT2D eigenvalue weighted by Crippen LogP contribution is -2.19. The maximum Gasteiger partial charge on any atom is 0.291 e. The molecule has 3 aromatic rings. The first-order chi connectivity index (χ1) is 15.0. The fourth-order valence-electron chi connectivity index (χ4n) is 3.02. The van der Waals surface area contributed by atoms with Crippen LogP contribution in [0.3, 0.4) is 0 Å². The van der Waals surface area contributed by atoms with Crippen LogP contribution >= 0.6 is 0 Å². The summed E-state index contributed by atoms with van der Waals surface area (Å²) in [5.41, 5.74) is 6.18. The third-order valence-corrected chi connectivity index (χ3v) is 4.51. The quantitative estimate of drug-likeness (QED) is 0.439. The molecule has 1 N–H and O–H groups in total. The lowest BCUT2D eigenvalue weighted by molar-refractivity contribution is 0.0950. The summed E-state index contributed by atoms with van der Waals surface area (Å²) < 4.78 is 10.5. The minimum absolute atomic E-state index is 0.184. The molecule has 0 fully saturated rings. The highest BCUT2D eigenvalue weighted by Gasteiger charge is 2.10. The number of nitrogens with zero attached hydrogens (tertiary/aromatic N) is 3. The predicted octanol–water partition coefficient (Wildman–Crippen LogP) is 4.12. The fourth-order valence-corrected chi connectivity index (χ4v) is 3.02. The van der Waals surface area contributed by atoms with Gasteiger partial charge < -0.3 is 9.47 Å². The van der Waals surface area contributed by atoms with Crippen LogP contribution in [0.5, 0.6) is 11.5 Å². The average Bonchev–Trinajstić information content (AvgIpc) is 2.79. The van der Waals surface area contributed by atoms with Crippen LogP contribution in [-0.4, -0.2) is 36.3 Å². The highest BCUT2D eigenvalue weighted by molar-refractivity contribution is 5.93. The Bertz CT molecular complexity index is 1040. The molecule has 0 saturated heterocycles. The number of nitrogens with one attached hydrogen (secondary N) is 1. The van der Waals surface area contributed by atoms with Gasteiger partial charge in [0.25, 0.3) is 5.91 Å². The van der Waals surface area contributed by atoms with Crippen LogP contribution in [0.15, 0.2) is 60.0 Å². The topological polar surface area (TPSA) is 85.7 Å². The smallest absolute Gasteiger partial charge is 0.291 e. The number of hydrogen-bond donors (Lipinski definition) is 1. The summed E-state index contributed by atoms with van der Waals surface area (Å²) in [6.07, 6.45) is 5.58. The Kier molecular flexibility index (Phi) is 7.32. The van der Waals surface area contributed by atoms with Gasteiger partial charge in [-0.1, -0.05) is 38.1 Å². The van der Waals surface area contributed by atoms with E-state index in [0.717, 1.165) is 17.5 Å². The zero-order valence-electron chi connectivity index (χ0n) is 18.1. The maximum absolute atomic E-state index is 12.5. The van der Waals surface area contributed by atoms with Crippen LogP contribution in [0.4, 0.5) is 0 Å². The fraction of sp³-hybridized carbons (Fsp3) is 0.250. The van der Waals surface area contributed by atoms with E-state index >= 15 is 0 Å². The summed E-state index contributed by atoms with van der Waals surface area (Å²) in [4.78, 5) is 21.0. The van der Waals surface area contributed by atoms with Crippen LogP contribution in [0, 0.1) is 5.92 Å². The second-order valence-electron chi connectivity index (χ2n) is 7.43. The summed E-state index contributed by atoms with van der Waals surface area (Å²) in [7, 11) is 3.14. The lowest BCUT2D eigenvalue weighted by atomic mass is 10.0. The van der Waals surface area contributed by atoms with Gasteiger partial charge in [0, 0.05) is 17.2 Å². The van der Waals surface area contributed by atoms with Crippen molar-refractivity contribution in [3.63, 3.8) is 0 Å². The summed E-state index contributed by atoms with van der Waals surface area (Å²) in [6, 6.07) is 13.5. The molecule has 0 aliphatic heterocycles. The van der Waals surface area contributed by atoms with Crippen molar-refractivity contribution in [1.82, 2.24) is 15.4 Å². The number of benzene rings is 2. The molecule has 0 spiro atoms. The van der Waals surface area contributed by atoms with Gasteiger partial charge in [-0.25, -0.2) is 10.4 Å². The zero-order valence-corrected chi connectivity index (χ0v) is 18.1. The first kappa shape index (κ1) is 22.0. The van der Waals surface area contributed by atoms with Crippen LogP contribution in [0.25, 0.3) is 11.3 Å². The molecule has 0 saturated carbocycles. The number of rotatable bonds is 8. The van der Waals surface area contributed by atoms with Crippen molar-refractivity contribution >= 4 is 12.1 Å². The lowest BCUT2D eigenvalue weighted by Gasteiger charge is -2.07. The summed E-state index contributed by atoms with van der Waals surface area (Å²) >= 11 is 0. The van der Waals surface area contributed by atoms with E-state index in [9.17, 15) is 4.79 Å². The maximum atomic E-state index is 12.5. The molecule has 1 amide bonds. The van der Waals surface area contributed by atoms with Gasteiger partial charge in [-0.05, 0) is 30.0 Å². The third-order valence-electron chi connectivity index (χ3n) is 4.51. The molecule has 31 heavy (non-hydrogen) atoms. The van der Waals surface area contributed by atoms with Crippen molar-refractivity contribution in [2.45, 2.75) is 20.3 Å². The van der Waals surface area contributed by atoms with E-state index in [1.165, 1.54) is 18.0 Å². The Morgan fingerprint density at radius 2 is 1.74 bits per heavy atom. The van der Waals surface area contributed by atoms with Crippen molar-refractivity contribution in [2.75, 3.05) is 14.2 Å². The van der Waals surface area contributed by atoms with Crippen molar-refractivity contribution in [3.8, 4) is 22.8 Å². The van der Waals surface area contributed by atoms with Crippen LogP contribution in [0.1, 0.15) is 35.5 Å². The monoisotopic (exact) mass is 418 g/mol. The number of hydrogen-bond acceptors (Lipinski definition) is 6. The first-order valence-corrected chi connectivity index (χ1v) is 9.96. The molecule has 7 heteroatoms. The summed E-state index contributed by atoms with van der Waals surface area (Å²) in [5.74, 6) is 1.41. The molecule has 160 valence electrons. The molecule has 3 rings (SSSR count). The van der Waals surface area contributed by atoms with E-state index in [-0.39, 0.29) is 5.69 Å². The highest BCUT2D eigenvalue weighted by Crippen LogP contribution is 2.21. The molecular weight excluding hydrogens is 392 g/mol. The number of ether oxygens (including phenoxy) is 2. The van der Waals surface area contributed by atoms with Crippen LogP contribution < -0.4 is 14.9 Å². The van der Waals surface area contributed by atoms with Crippen LogP contribution in [0.2, 0.25) is 0 Å². The first-order valence-electron chi connectivity index (χ1n) is 9.96. The number of hydrazone groups is 1. The summed E-state index contributed by atoms with van der Waals surface area (Å²) in [5, 5.41) is 4.01. The molecule has 0 atom stereocenters. The molecule has 0 aliphatic rings. The average molecular weight is 418 g/mol. The van der Waals surface area contributed by atoms with Crippen molar-refractivity contribution < 1.29 is 14.3 Å². The number of methoxy groups -OCH3 is 2. The number of amides is 1. The number of aromatic nitrogens is 2. The summed E-state index contributed by atoms with van der Waals surface area (Å²) in [6.45, 7) is 4.38. The minimum atomic E-state index is -0.447. The molecule has 0 aliphatic carbocycles. The van der Waals surface area contributed by atoms with E-state index in [1.54, 1.807) is 38.6 Å². The largest absolute Gasteiger partial charge is 0.497 e. The molecule has 1 heterocycles. The Morgan fingerprint density at radius 3 is 2.35 bits per heavy atom. The molecule has 7 nitrogen and oxygen atoms in total. The Balaban J connectivity index is 1.70. The van der Waals surface area contributed by atoms with Gasteiger partial charge >= 0.3 is 0 Å². The number of carbonyl (C=O) groups excluding carboxylic acids is 1. The van der Waals surface area contributed by atoms with Crippen LogP contribution in [-0.2, 0) is 6.42 Å². The van der Waals surface area contributed by atoms with E-state index in [1.807, 2.05) is 12.1 Å². The van der Waals surface area contributed by atoms with Gasteiger partial charge in [0.1, 0.15) is 17.2 Å². The molecule has 0 radical (unpaired) electrons. The van der Waals surface area contributed by atoms with Gasteiger partial charge in [0.05, 0.1) is 38.5 Å². The van der Waals surface area contributed by atoms with Gasteiger partial charge in [0.2, 0.25) is 0 Å². The van der Waals surface area contributed by atoms with E-state index in [0.29, 0.717) is 23.1 Å². The van der Waals surface area contributed by atoms with Crippen molar-refractivity contribution in [3.05, 3.63) is 71.7 Å². The predicted molar refractivity (Wildman–Crippen MR) is 121 cm³/mol. The standard InChI is InChI=1S/C24H26N4O3/c1-16(2)9-17-5-7-19(8-6-17)22-14-25-15-23(27-22)24(29)28-26-13-18-10-20(30-3)12-21(11-18)31-4/h5-8,10-16H,9H2,1-4H3,(H,28,29). The van der Waals surface area contributed by atoms with Gasteiger partial charge in [-0.15, -0.1) is 0 Å². The molecular formula is C24H26N4O3. The van der Waals surface area contributed by atoms with Gasteiger partial charge in [-0.2, -0.15) is 5.10 Å². The van der Waals surface area contributed by atoms with Gasteiger partial charge in [-0.3, -0.25) is 9.78 Å². The Morgan fingerprint density at radius 1 is 1.06 bits per heavy atom. The normalized spacial score (nSPS) is 11.0. The molecule has 2 aromatic carbocycles. The Labute approximate surface area is 182 Å². The third kappa shape index (κ3) is 6.12. The minimum Gasteiger partial charge on any atom is -0.497 e.